The summed E-state index contributed by atoms with van der Waals surface area (Å²) in [4.78, 5) is 15.9. The van der Waals surface area contributed by atoms with Crippen molar-refractivity contribution in [2.75, 3.05) is 19.0 Å². The second-order valence-electron chi connectivity index (χ2n) is 6.82. The van der Waals surface area contributed by atoms with Crippen molar-refractivity contribution in [1.82, 2.24) is 20.5 Å². The van der Waals surface area contributed by atoms with Crippen LogP contribution in [0, 0.1) is 11.6 Å². The molecule has 0 aliphatic carbocycles. The highest BCUT2D eigenvalue weighted by molar-refractivity contribution is 5.88. The molecule has 0 saturated carbocycles. The van der Waals surface area contributed by atoms with Crippen LogP contribution >= 0.6 is 0 Å². The van der Waals surface area contributed by atoms with Crippen molar-refractivity contribution in [2.45, 2.75) is 18.1 Å². The highest BCUT2D eigenvalue weighted by Crippen LogP contribution is 2.33. The van der Waals surface area contributed by atoms with E-state index < -0.39 is 41.2 Å². The average Bonchev–Trinajstić information content (AvgIpc) is 3.35. The number of methoxy groups -OCH3 is 1. The molecule has 1 aliphatic heterocycles. The second-order valence-corrected chi connectivity index (χ2v) is 6.82. The molecule has 4 rings (SSSR count). The van der Waals surface area contributed by atoms with E-state index in [0.717, 1.165) is 24.3 Å². The normalized spacial score (nSPS) is 18.5. The first kappa shape index (κ1) is 21.5. The van der Waals surface area contributed by atoms with Crippen LogP contribution < -0.4 is 15.4 Å². The Morgan fingerprint density at radius 1 is 1.19 bits per heavy atom. The third-order valence-electron chi connectivity index (χ3n) is 4.85. The summed E-state index contributed by atoms with van der Waals surface area (Å²) in [5.74, 6) is -3.52. The Labute approximate surface area is 176 Å². The fourth-order valence-electron chi connectivity index (χ4n) is 3.30. The fraction of sp³-hybridized carbons (Fsp3) is 0.263. The molecule has 0 spiro atoms. The first-order valence-corrected chi connectivity index (χ1v) is 9.11. The van der Waals surface area contributed by atoms with E-state index in [9.17, 15) is 26.7 Å². The number of alkyl halides is 3. The van der Waals surface area contributed by atoms with Gasteiger partial charge in [0.1, 0.15) is 29.1 Å². The zero-order chi connectivity index (χ0) is 23.0. The van der Waals surface area contributed by atoms with Gasteiger partial charge in [0.2, 0.25) is 5.91 Å². The molecule has 0 bridgehead atoms. The molecule has 1 unspecified atom stereocenters. The second kappa shape index (κ2) is 8.05. The number of ether oxygens (including phenoxy) is 1. The Morgan fingerprint density at radius 3 is 2.50 bits per heavy atom. The number of pyridine rings is 1. The number of amides is 1. The lowest BCUT2D eigenvalue weighted by molar-refractivity contribution is -0.137. The molecule has 168 valence electrons. The van der Waals surface area contributed by atoms with Crippen LogP contribution in [0.15, 0.2) is 34.9 Å². The maximum absolute atomic E-state index is 14.5. The van der Waals surface area contributed by atoms with Gasteiger partial charge in [-0.1, -0.05) is 5.10 Å². The lowest BCUT2D eigenvalue weighted by Gasteiger charge is -2.19. The third kappa shape index (κ3) is 4.05. The number of hydrogen-bond donors (Lipinski definition) is 2. The lowest BCUT2D eigenvalue weighted by Crippen LogP contribution is -2.33. The summed E-state index contributed by atoms with van der Waals surface area (Å²) in [6, 6.07) is 2.42. The number of hydrogen-bond acceptors (Lipinski definition) is 7. The molecule has 1 amide bonds. The van der Waals surface area contributed by atoms with Gasteiger partial charge in [-0.15, -0.1) is 5.10 Å². The van der Waals surface area contributed by atoms with E-state index in [-0.39, 0.29) is 35.5 Å². The summed E-state index contributed by atoms with van der Waals surface area (Å²) in [5.41, 5.74) is -1.31. The van der Waals surface area contributed by atoms with E-state index in [2.05, 4.69) is 25.8 Å². The number of carbonyl (C=O) groups excluding carboxylic acids is 1. The minimum Gasteiger partial charge on any atom is -0.497 e. The molecular weight excluding hydrogens is 441 g/mol. The van der Waals surface area contributed by atoms with E-state index in [1.54, 1.807) is 0 Å². The monoisotopic (exact) mass is 455 g/mol. The van der Waals surface area contributed by atoms with Crippen LogP contribution in [0.2, 0.25) is 0 Å². The number of carbonyl (C=O) groups is 1. The summed E-state index contributed by atoms with van der Waals surface area (Å²) in [6.07, 6.45) is -3.94. The van der Waals surface area contributed by atoms with Gasteiger partial charge in [-0.3, -0.25) is 9.78 Å². The number of nitrogens with zero attached hydrogens (tertiary/aromatic N) is 3. The van der Waals surface area contributed by atoms with Crippen LogP contribution in [0.3, 0.4) is 0 Å². The van der Waals surface area contributed by atoms with E-state index in [4.69, 9.17) is 9.15 Å². The third-order valence-corrected chi connectivity index (χ3v) is 4.85. The van der Waals surface area contributed by atoms with Crippen molar-refractivity contribution >= 4 is 11.9 Å². The molecular formula is C19H14F5N5O3. The van der Waals surface area contributed by atoms with Crippen molar-refractivity contribution in [3.8, 4) is 17.3 Å². The van der Waals surface area contributed by atoms with Crippen LogP contribution in [0.4, 0.5) is 28.0 Å². The molecule has 2 aromatic heterocycles. The Morgan fingerprint density at radius 2 is 1.91 bits per heavy atom. The molecule has 13 heteroatoms. The van der Waals surface area contributed by atoms with Crippen LogP contribution in [-0.2, 0) is 11.0 Å². The van der Waals surface area contributed by atoms with Crippen LogP contribution in [0.5, 0.6) is 5.75 Å². The van der Waals surface area contributed by atoms with Gasteiger partial charge in [0, 0.05) is 36.4 Å². The zero-order valence-electron chi connectivity index (χ0n) is 16.2. The number of benzene rings is 1. The summed E-state index contributed by atoms with van der Waals surface area (Å²) in [5, 5.41) is 12.5. The number of anilines is 1. The van der Waals surface area contributed by atoms with Gasteiger partial charge < -0.3 is 19.8 Å². The molecule has 0 radical (unpaired) electrons. The number of nitrogens with one attached hydrogen (secondary N) is 2. The molecule has 2 N–H and O–H groups in total. The molecule has 3 aromatic rings. The predicted molar refractivity (Wildman–Crippen MR) is 98.6 cm³/mol. The molecule has 3 heterocycles. The smallest absolute Gasteiger partial charge is 0.417 e. The van der Waals surface area contributed by atoms with E-state index in [1.807, 2.05) is 0 Å². The molecule has 1 fully saturated rings. The number of aromatic nitrogens is 3. The van der Waals surface area contributed by atoms with Crippen molar-refractivity contribution in [1.29, 1.82) is 0 Å². The van der Waals surface area contributed by atoms with Crippen molar-refractivity contribution < 1.29 is 35.9 Å². The van der Waals surface area contributed by atoms with Crippen molar-refractivity contribution in [3.63, 3.8) is 0 Å². The van der Waals surface area contributed by atoms with Gasteiger partial charge >= 0.3 is 12.2 Å². The van der Waals surface area contributed by atoms with Crippen LogP contribution in [-0.4, -0.2) is 40.8 Å². The SMILES string of the molecule is COc1cc(F)c(C2CNC(=O)[C@@H]2Nc2nnc(-c3ccc(C(F)(F)F)cn3)o2)c(F)c1. The highest BCUT2D eigenvalue weighted by atomic mass is 19.4. The summed E-state index contributed by atoms with van der Waals surface area (Å²) in [7, 11) is 1.26. The summed E-state index contributed by atoms with van der Waals surface area (Å²) >= 11 is 0. The maximum atomic E-state index is 14.5. The molecule has 1 aromatic carbocycles. The van der Waals surface area contributed by atoms with Gasteiger partial charge in [0.05, 0.1) is 12.7 Å². The van der Waals surface area contributed by atoms with Crippen LogP contribution in [0.1, 0.15) is 17.0 Å². The minimum absolute atomic E-state index is 0.0175. The fourth-order valence-corrected chi connectivity index (χ4v) is 3.30. The summed E-state index contributed by atoms with van der Waals surface area (Å²) in [6.45, 7) is -0.0574. The van der Waals surface area contributed by atoms with E-state index in [0.29, 0.717) is 6.20 Å². The predicted octanol–water partition coefficient (Wildman–Crippen LogP) is 3.13. The molecule has 1 aliphatic rings. The van der Waals surface area contributed by atoms with E-state index >= 15 is 0 Å². The molecule has 8 nitrogen and oxygen atoms in total. The first-order valence-electron chi connectivity index (χ1n) is 9.11. The van der Waals surface area contributed by atoms with Crippen molar-refractivity contribution in [2.24, 2.45) is 0 Å². The largest absolute Gasteiger partial charge is 0.497 e. The van der Waals surface area contributed by atoms with Crippen LogP contribution in [0.25, 0.3) is 11.6 Å². The number of halogens is 5. The standard InChI is InChI=1S/C19H14F5N5O3/c1-31-9-4-11(20)14(12(21)5-9)10-7-26-16(30)15(10)27-18-29-28-17(32-18)13-3-2-8(6-25-13)19(22,23)24/h2-6,10,15H,7H2,1H3,(H,26,30)(H,27,29)/t10?,15-/m1/s1. The van der Waals surface area contributed by atoms with Gasteiger partial charge in [-0.2, -0.15) is 13.2 Å². The van der Waals surface area contributed by atoms with Gasteiger partial charge in [-0.25, -0.2) is 8.78 Å². The quantitative estimate of drug-likeness (QED) is 0.570. The molecule has 32 heavy (non-hydrogen) atoms. The summed E-state index contributed by atoms with van der Waals surface area (Å²) < 4.78 is 77.2. The minimum atomic E-state index is -4.55. The Hall–Kier alpha value is -3.77. The average molecular weight is 455 g/mol. The zero-order valence-corrected chi connectivity index (χ0v) is 16.2. The first-order chi connectivity index (χ1) is 15.2. The Bertz CT molecular complexity index is 1130. The van der Waals surface area contributed by atoms with Gasteiger partial charge in [0.25, 0.3) is 5.89 Å². The van der Waals surface area contributed by atoms with Gasteiger partial charge in [0.15, 0.2) is 0 Å². The number of rotatable bonds is 5. The molecule has 2 atom stereocenters. The Balaban J connectivity index is 1.56. The highest BCUT2D eigenvalue weighted by Gasteiger charge is 2.40. The van der Waals surface area contributed by atoms with Crippen molar-refractivity contribution in [3.05, 3.63) is 53.2 Å². The lowest BCUT2D eigenvalue weighted by atomic mass is 9.93. The molecule has 1 saturated heterocycles. The topological polar surface area (TPSA) is 102 Å². The Kier molecular flexibility index (Phi) is 5.40. The van der Waals surface area contributed by atoms with Gasteiger partial charge in [-0.05, 0) is 12.1 Å². The van der Waals surface area contributed by atoms with E-state index in [1.165, 1.54) is 7.11 Å². The maximum Gasteiger partial charge on any atom is 0.417 e.